The Morgan fingerprint density at radius 2 is 2.04 bits per heavy atom. The van der Waals surface area contributed by atoms with Crippen LogP contribution in [0.15, 0.2) is 52.1 Å². The fourth-order valence-electron chi connectivity index (χ4n) is 2.37. The molecule has 2 aromatic rings. The van der Waals surface area contributed by atoms with Crippen molar-refractivity contribution in [2.75, 3.05) is 27.7 Å². The van der Waals surface area contributed by atoms with Crippen molar-refractivity contribution < 1.29 is 13.9 Å². The zero-order valence-electron chi connectivity index (χ0n) is 14.8. The number of rotatable bonds is 7. The van der Waals surface area contributed by atoms with Crippen molar-refractivity contribution in [3.8, 4) is 5.75 Å². The van der Waals surface area contributed by atoms with Gasteiger partial charge in [-0.3, -0.25) is 9.79 Å². The van der Waals surface area contributed by atoms with Crippen molar-refractivity contribution in [3.05, 3.63) is 54.0 Å². The third kappa shape index (κ3) is 5.56. The van der Waals surface area contributed by atoms with Gasteiger partial charge in [0.25, 0.3) is 0 Å². The normalized spacial score (nSPS) is 11.1. The lowest BCUT2D eigenvalue weighted by Crippen LogP contribution is -2.43. The van der Waals surface area contributed by atoms with Gasteiger partial charge in [-0.05, 0) is 18.2 Å². The number of methoxy groups -OCH3 is 1. The molecule has 0 atom stereocenters. The van der Waals surface area contributed by atoms with Crippen LogP contribution in [0.4, 0.5) is 0 Å². The number of aliphatic imine (C=N–C) groups is 1. The second-order valence-electron chi connectivity index (χ2n) is 5.42. The average Bonchev–Trinajstić information content (AvgIpc) is 3.14. The van der Waals surface area contributed by atoms with E-state index in [-0.39, 0.29) is 12.5 Å². The van der Waals surface area contributed by atoms with E-state index in [1.165, 1.54) is 0 Å². The van der Waals surface area contributed by atoms with Gasteiger partial charge in [-0.15, -0.1) is 0 Å². The number of nitrogens with zero attached hydrogens (tertiary/aromatic N) is 2. The summed E-state index contributed by atoms with van der Waals surface area (Å²) in [6.07, 6.45) is 1.58. The molecule has 0 saturated carbocycles. The number of amides is 1. The van der Waals surface area contributed by atoms with Crippen LogP contribution < -0.4 is 15.4 Å². The summed E-state index contributed by atoms with van der Waals surface area (Å²) in [4.78, 5) is 18.1. The molecule has 0 fully saturated rings. The fourth-order valence-corrected chi connectivity index (χ4v) is 2.37. The molecule has 0 aliphatic rings. The first kappa shape index (κ1) is 18.4. The van der Waals surface area contributed by atoms with E-state index in [0.29, 0.717) is 24.8 Å². The molecule has 0 radical (unpaired) electrons. The van der Waals surface area contributed by atoms with Crippen LogP contribution in [-0.4, -0.2) is 44.5 Å². The topological polar surface area (TPSA) is 79.1 Å². The van der Waals surface area contributed by atoms with E-state index < -0.39 is 0 Å². The molecule has 1 aromatic carbocycles. The van der Waals surface area contributed by atoms with E-state index in [4.69, 9.17) is 9.15 Å². The van der Waals surface area contributed by atoms with Crippen LogP contribution in [0, 0.1) is 0 Å². The monoisotopic (exact) mass is 344 g/mol. The van der Waals surface area contributed by atoms with Gasteiger partial charge in [0.2, 0.25) is 5.91 Å². The van der Waals surface area contributed by atoms with Crippen LogP contribution in [0.1, 0.15) is 11.3 Å². The summed E-state index contributed by atoms with van der Waals surface area (Å²) < 4.78 is 10.5. The van der Waals surface area contributed by atoms with Crippen molar-refractivity contribution >= 4 is 11.9 Å². The molecule has 25 heavy (non-hydrogen) atoms. The molecule has 0 saturated heterocycles. The number of hydrogen-bond donors (Lipinski definition) is 2. The largest absolute Gasteiger partial charge is 0.496 e. The van der Waals surface area contributed by atoms with Gasteiger partial charge in [0, 0.05) is 26.2 Å². The molecule has 2 N–H and O–H groups in total. The third-order valence-electron chi connectivity index (χ3n) is 3.62. The van der Waals surface area contributed by atoms with E-state index in [0.717, 1.165) is 11.3 Å². The van der Waals surface area contributed by atoms with Crippen LogP contribution >= 0.6 is 0 Å². The zero-order valence-corrected chi connectivity index (χ0v) is 14.8. The first-order valence-corrected chi connectivity index (χ1v) is 7.96. The molecule has 1 aromatic heterocycles. The van der Waals surface area contributed by atoms with E-state index >= 15 is 0 Å². The number of hydrogen-bond acceptors (Lipinski definition) is 4. The quantitative estimate of drug-likeness (QED) is 0.589. The molecule has 7 heteroatoms. The number of carbonyl (C=O) groups is 1. The first-order chi connectivity index (χ1) is 12.1. The van der Waals surface area contributed by atoms with E-state index in [9.17, 15) is 4.79 Å². The molecule has 134 valence electrons. The maximum atomic E-state index is 11.9. The Morgan fingerprint density at radius 1 is 1.24 bits per heavy atom. The molecule has 1 amide bonds. The number of benzene rings is 1. The lowest BCUT2D eigenvalue weighted by atomic mass is 10.2. The molecule has 0 spiro atoms. The number of para-hydroxylation sites is 1. The van der Waals surface area contributed by atoms with Crippen LogP contribution in [-0.2, 0) is 17.9 Å². The van der Waals surface area contributed by atoms with Crippen molar-refractivity contribution in [2.45, 2.75) is 13.1 Å². The molecule has 0 unspecified atom stereocenters. The summed E-state index contributed by atoms with van der Waals surface area (Å²) in [6, 6.07) is 11.4. The van der Waals surface area contributed by atoms with Gasteiger partial charge in [-0.2, -0.15) is 0 Å². The summed E-state index contributed by atoms with van der Waals surface area (Å²) in [6.45, 7) is 1.10. The number of nitrogens with one attached hydrogen (secondary N) is 2. The smallest absolute Gasteiger partial charge is 0.239 e. The zero-order chi connectivity index (χ0) is 18.1. The maximum Gasteiger partial charge on any atom is 0.239 e. The Kier molecular flexibility index (Phi) is 6.88. The van der Waals surface area contributed by atoms with Gasteiger partial charge in [-0.25, -0.2) is 0 Å². The number of guanidine groups is 1. The maximum absolute atomic E-state index is 11.9. The SMILES string of the molecule is CN=C(NCC(=O)NCc1ccco1)N(C)Cc1ccccc1OC. The minimum Gasteiger partial charge on any atom is -0.496 e. The predicted molar refractivity (Wildman–Crippen MR) is 96.4 cm³/mol. The van der Waals surface area contributed by atoms with Gasteiger partial charge in [0.15, 0.2) is 5.96 Å². The van der Waals surface area contributed by atoms with Crippen molar-refractivity contribution in [1.29, 1.82) is 0 Å². The minimum absolute atomic E-state index is 0.129. The molecular formula is C18H24N4O3. The molecule has 2 rings (SSSR count). The standard InChI is InChI=1S/C18H24N4O3/c1-19-18(21-12-17(23)20-11-15-8-6-10-25-15)22(2)13-14-7-4-5-9-16(14)24-3/h4-10H,11-13H2,1-3H3,(H,19,21)(H,20,23). The second-order valence-corrected chi connectivity index (χ2v) is 5.42. The summed E-state index contributed by atoms with van der Waals surface area (Å²) in [7, 11) is 5.24. The Morgan fingerprint density at radius 3 is 2.72 bits per heavy atom. The number of ether oxygens (including phenoxy) is 1. The molecule has 1 heterocycles. The molecule has 0 aliphatic heterocycles. The summed E-state index contributed by atoms with van der Waals surface area (Å²) in [5, 5.41) is 5.83. The second kappa shape index (κ2) is 9.36. The van der Waals surface area contributed by atoms with Gasteiger partial charge in [0.05, 0.1) is 26.5 Å². The highest BCUT2D eigenvalue weighted by molar-refractivity contribution is 5.86. The number of carbonyl (C=O) groups excluding carboxylic acids is 1. The van der Waals surface area contributed by atoms with Crippen LogP contribution in [0.25, 0.3) is 0 Å². The van der Waals surface area contributed by atoms with Crippen LogP contribution in [0.5, 0.6) is 5.75 Å². The van der Waals surface area contributed by atoms with Gasteiger partial charge < -0.3 is 24.7 Å². The van der Waals surface area contributed by atoms with Crippen LogP contribution in [0.3, 0.4) is 0 Å². The predicted octanol–water partition coefficient (Wildman–Crippen LogP) is 1.61. The highest BCUT2D eigenvalue weighted by Crippen LogP contribution is 2.18. The van der Waals surface area contributed by atoms with Gasteiger partial charge in [-0.1, -0.05) is 18.2 Å². The lowest BCUT2D eigenvalue weighted by molar-refractivity contribution is -0.120. The molecular weight excluding hydrogens is 320 g/mol. The first-order valence-electron chi connectivity index (χ1n) is 7.96. The van der Waals surface area contributed by atoms with Crippen molar-refractivity contribution in [2.24, 2.45) is 4.99 Å². The van der Waals surface area contributed by atoms with E-state index in [2.05, 4.69) is 15.6 Å². The third-order valence-corrected chi connectivity index (χ3v) is 3.62. The number of furan rings is 1. The Labute approximate surface area is 147 Å². The fraction of sp³-hybridized carbons (Fsp3) is 0.333. The molecule has 0 aliphatic carbocycles. The Balaban J connectivity index is 1.83. The van der Waals surface area contributed by atoms with Crippen LogP contribution in [0.2, 0.25) is 0 Å². The van der Waals surface area contributed by atoms with Gasteiger partial charge in [0.1, 0.15) is 11.5 Å². The van der Waals surface area contributed by atoms with Crippen molar-refractivity contribution in [3.63, 3.8) is 0 Å². The van der Waals surface area contributed by atoms with E-state index in [1.807, 2.05) is 42.3 Å². The molecule has 7 nitrogen and oxygen atoms in total. The van der Waals surface area contributed by atoms with E-state index in [1.54, 1.807) is 26.5 Å². The summed E-state index contributed by atoms with van der Waals surface area (Å²) >= 11 is 0. The van der Waals surface area contributed by atoms with Crippen molar-refractivity contribution in [1.82, 2.24) is 15.5 Å². The Hall–Kier alpha value is -2.96. The highest BCUT2D eigenvalue weighted by Gasteiger charge is 2.11. The summed E-state index contributed by atoms with van der Waals surface area (Å²) in [5.74, 6) is 2.02. The Bertz CT molecular complexity index is 698. The summed E-state index contributed by atoms with van der Waals surface area (Å²) in [5.41, 5.74) is 1.04. The highest BCUT2D eigenvalue weighted by atomic mass is 16.5. The average molecular weight is 344 g/mol. The van der Waals surface area contributed by atoms with Gasteiger partial charge >= 0.3 is 0 Å². The molecule has 0 bridgehead atoms. The minimum atomic E-state index is -0.136. The lowest BCUT2D eigenvalue weighted by Gasteiger charge is -2.22.